The van der Waals surface area contributed by atoms with E-state index < -0.39 is 30.2 Å². The molecule has 2 N–H and O–H groups in total. The predicted octanol–water partition coefficient (Wildman–Crippen LogP) is 8.85. The van der Waals surface area contributed by atoms with Crippen molar-refractivity contribution in [2.45, 2.75) is 199 Å². The minimum atomic E-state index is -0.743. The number of unbranched alkanes of at least 4 members (excludes halogenated alkanes) is 18. The van der Waals surface area contributed by atoms with E-state index >= 15 is 0 Å². The standard InChI is InChI=1S/C31H62O4/c1-5-7-9-11-13-15-17-19-21-23-25-27(32)29-30(35-31(3,4)34-29)28(33)26-24-22-20-18-16-14-12-10-8-6-2/h27-30,32-33H,5-26H2,1-4H3/t27-,28-,29-,30-/m1/s1. The Kier molecular flexibility index (Phi) is 19.6. The zero-order chi connectivity index (χ0) is 25.8. The van der Waals surface area contributed by atoms with Gasteiger partial charge >= 0.3 is 0 Å². The van der Waals surface area contributed by atoms with Crippen LogP contribution < -0.4 is 0 Å². The van der Waals surface area contributed by atoms with E-state index in [1.807, 2.05) is 13.8 Å². The van der Waals surface area contributed by atoms with Crippen LogP contribution in [0.15, 0.2) is 0 Å². The second-order valence-electron chi connectivity index (χ2n) is 11.6. The van der Waals surface area contributed by atoms with Crippen molar-refractivity contribution >= 4 is 0 Å². The van der Waals surface area contributed by atoms with Crippen LogP contribution in [0.25, 0.3) is 0 Å². The Morgan fingerprint density at radius 1 is 0.486 bits per heavy atom. The molecule has 0 aromatic rings. The SMILES string of the molecule is CCCCCCCCCCCC[C@@H](O)[C@H]1OC(C)(C)O[C@@H]1[C@H](O)CCCCCCCCCCCC. The van der Waals surface area contributed by atoms with Crippen molar-refractivity contribution in [1.82, 2.24) is 0 Å². The van der Waals surface area contributed by atoms with Crippen LogP contribution >= 0.6 is 0 Å². The molecule has 0 aromatic heterocycles. The Morgan fingerprint density at radius 2 is 0.743 bits per heavy atom. The van der Waals surface area contributed by atoms with Crippen molar-refractivity contribution in [3.8, 4) is 0 Å². The maximum atomic E-state index is 10.9. The first-order chi connectivity index (χ1) is 16.9. The number of hydrogen-bond donors (Lipinski definition) is 2. The molecule has 1 saturated heterocycles. The molecule has 1 heterocycles. The first-order valence-electron chi connectivity index (χ1n) is 15.6. The minimum absolute atomic E-state index is 0.429. The van der Waals surface area contributed by atoms with Crippen molar-refractivity contribution in [3.63, 3.8) is 0 Å². The van der Waals surface area contributed by atoms with E-state index in [9.17, 15) is 10.2 Å². The summed E-state index contributed by atoms with van der Waals surface area (Å²) < 4.78 is 12.1. The smallest absolute Gasteiger partial charge is 0.164 e. The van der Waals surface area contributed by atoms with Gasteiger partial charge in [-0.15, -0.1) is 0 Å². The van der Waals surface area contributed by atoms with Crippen LogP contribution in [0.3, 0.4) is 0 Å². The summed E-state index contributed by atoms with van der Waals surface area (Å²) in [5.41, 5.74) is 0. The molecule has 0 unspecified atom stereocenters. The summed E-state index contributed by atoms with van der Waals surface area (Å²) in [7, 11) is 0. The molecule has 0 bridgehead atoms. The van der Waals surface area contributed by atoms with Crippen LogP contribution in [-0.2, 0) is 9.47 Å². The number of hydrogen-bond acceptors (Lipinski definition) is 4. The highest BCUT2D eigenvalue weighted by molar-refractivity contribution is 4.90. The molecule has 0 amide bonds. The third-order valence-electron chi connectivity index (χ3n) is 7.63. The normalized spacial score (nSPS) is 21.4. The van der Waals surface area contributed by atoms with Crippen LogP contribution in [0.5, 0.6) is 0 Å². The van der Waals surface area contributed by atoms with Gasteiger partial charge in [0.2, 0.25) is 0 Å². The lowest BCUT2D eigenvalue weighted by atomic mass is 9.95. The molecule has 4 nitrogen and oxygen atoms in total. The molecule has 1 aliphatic heterocycles. The molecule has 1 fully saturated rings. The molecule has 4 heteroatoms. The third kappa shape index (κ3) is 16.3. The summed E-state index contributed by atoms with van der Waals surface area (Å²) >= 11 is 0. The topological polar surface area (TPSA) is 58.9 Å². The quantitative estimate of drug-likeness (QED) is 0.130. The molecule has 4 atom stereocenters. The highest BCUT2D eigenvalue weighted by Crippen LogP contribution is 2.34. The van der Waals surface area contributed by atoms with E-state index in [1.54, 1.807) is 0 Å². The highest BCUT2D eigenvalue weighted by Gasteiger charge is 2.47. The lowest BCUT2D eigenvalue weighted by Gasteiger charge is -2.26. The van der Waals surface area contributed by atoms with E-state index in [0.717, 1.165) is 38.5 Å². The molecule has 210 valence electrons. The number of rotatable bonds is 24. The summed E-state index contributed by atoms with van der Waals surface area (Å²) in [6, 6.07) is 0. The van der Waals surface area contributed by atoms with Crippen molar-refractivity contribution in [2.24, 2.45) is 0 Å². The molecular formula is C31H62O4. The van der Waals surface area contributed by atoms with Crippen molar-refractivity contribution < 1.29 is 19.7 Å². The first kappa shape index (κ1) is 32.9. The average Bonchev–Trinajstić information content (AvgIpc) is 3.17. The van der Waals surface area contributed by atoms with Crippen LogP contribution in [-0.4, -0.2) is 40.4 Å². The van der Waals surface area contributed by atoms with Crippen molar-refractivity contribution in [3.05, 3.63) is 0 Å². The van der Waals surface area contributed by atoms with E-state index in [2.05, 4.69) is 13.8 Å². The Morgan fingerprint density at radius 3 is 1.03 bits per heavy atom. The monoisotopic (exact) mass is 498 g/mol. The van der Waals surface area contributed by atoms with Gasteiger partial charge in [-0.3, -0.25) is 0 Å². The van der Waals surface area contributed by atoms with Crippen LogP contribution in [0.4, 0.5) is 0 Å². The largest absolute Gasteiger partial charge is 0.390 e. The Bertz CT molecular complexity index is 427. The fourth-order valence-electron chi connectivity index (χ4n) is 5.42. The molecule has 1 rings (SSSR count). The van der Waals surface area contributed by atoms with Gasteiger partial charge in [-0.05, 0) is 26.7 Å². The van der Waals surface area contributed by atoms with E-state index in [4.69, 9.17) is 9.47 Å². The molecule has 35 heavy (non-hydrogen) atoms. The fraction of sp³-hybridized carbons (Fsp3) is 1.00. The van der Waals surface area contributed by atoms with Crippen LogP contribution in [0, 0.1) is 0 Å². The van der Waals surface area contributed by atoms with Crippen LogP contribution in [0.2, 0.25) is 0 Å². The van der Waals surface area contributed by atoms with E-state index in [1.165, 1.54) is 103 Å². The zero-order valence-electron chi connectivity index (χ0n) is 24.1. The van der Waals surface area contributed by atoms with Crippen LogP contribution in [0.1, 0.15) is 169 Å². The van der Waals surface area contributed by atoms with Gasteiger partial charge in [0.25, 0.3) is 0 Å². The van der Waals surface area contributed by atoms with Gasteiger partial charge in [0.05, 0.1) is 12.2 Å². The molecule has 0 spiro atoms. The molecule has 0 saturated carbocycles. The van der Waals surface area contributed by atoms with Gasteiger partial charge < -0.3 is 19.7 Å². The van der Waals surface area contributed by atoms with Gasteiger partial charge in [-0.2, -0.15) is 0 Å². The van der Waals surface area contributed by atoms with Crippen molar-refractivity contribution in [2.75, 3.05) is 0 Å². The van der Waals surface area contributed by atoms with Gasteiger partial charge in [-0.25, -0.2) is 0 Å². The predicted molar refractivity (Wildman–Crippen MR) is 149 cm³/mol. The summed E-state index contributed by atoms with van der Waals surface area (Å²) in [6.45, 7) is 8.31. The number of aliphatic hydroxyl groups excluding tert-OH is 2. The highest BCUT2D eigenvalue weighted by atomic mass is 16.8. The summed E-state index contributed by atoms with van der Waals surface area (Å²) in [6.07, 6.45) is 25.2. The van der Waals surface area contributed by atoms with Crippen molar-refractivity contribution in [1.29, 1.82) is 0 Å². The molecule has 0 radical (unpaired) electrons. The second-order valence-corrected chi connectivity index (χ2v) is 11.6. The lowest BCUT2D eigenvalue weighted by molar-refractivity contribution is -0.161. The van der Waals surface area contributed by atoms with Gasteiger partial charge in [0, 0.05) is 0 Å². The zero-order valence-corrected chi connectivity index (χ0v) is 24.1. The lowest BCUT2D eigenvalue weighted by Crippen LogP contribution is -2.42. The van der Waals surface area contributed by atoms with Gasteiger partial charge in [0.15, 0.2) is 5.79 Å². The first-order valence-corrected chi connectivity index (χ1v) is 15.6. The summed E-state index contributed by atoms with van der Waals surface area (Å²) in [5, 5.41) is 21.7. The van der Waals surface area contributed by atoms with Gasteiger partial charge in [-0.1, -0.05) is 142 Å². The maximum absolute atomic E-state index is 10.9. The molecule has 1 aliphatic rings. The number of aliphatic hydroxyl groups is 2. The summed E-state index contributed by atoms with van der Waals surface area (Å²) in [4.78, 5) is 0. The Hall–Kier alpha value is -0.160. The fourth-order valence-corrected chi connectivity index (χ4v) is 5.42. The van der Waals surface area contributed by atoms with E-state index in [0.29, 0.717) is 0 Å². The van der Waals surface area contributed by atoms with Gasteiger partial charge in [0.1, 0.15) is 12.2 Å². The average molecular weight is 499 g/mol. The second kappa shape index (κ2) is 20.8. The minimum Gasteiger partial charge on any atom is -0.390 e. The molecular weight excluding hydrogens is 436 g/mol. The number of ether oxygens (including phenoxy) is 2. The Labute approximate surface area is 218 Å². The molecule has 0 aromatic carbocycles. The molecule has 0 aliphatic carbocycles. The third-order valence-corrected chi connectivity index (χ3v) is 7.63. The summed E-state index contributed by atoms with van der Waals surface area (Å²) in [5.74, 6) is -0.743. The van der Waals surface area contributed by atoms with E-state index in [-0.39, 0.29) is 0 Å². The maximum Gasteiger partial charge on any atom is 0.164 e. The Balaban J connectivity index is 2.18.